The van der Waals surface area contributed by atoms with Crippen molar-refractivity contribution in [2.24, 2.45) is 5.41 Å². The smallest absolute Gasteiger partial charge is 0.410 e. The number of pyridine rings is 1. The molecule has 0 saturated carbocycles. The first-order valence-corrected chi connectivity index (χ1v) is 9.70. The molecule has 27 heavy (non-hydrogen) atoms. The van der Waals surface area contributed by atoms with Crippen LogP contribution in [0.15, 0.2) is 12.4 Å². The van der Waals surface area contributed by atoms with Crippen LogP contribution in [-0.4, -0.2) is 53.5 Å². The van der Waals surface area contributed by atoms with Crippen LogP contribution >= 0.6 is 0 Å². The van der Waals surface area contributed by atoms with Gasteiger partial charge in [0.25, 0.3) is 0 Å². The van der Waals surface area contributed by atoms with Gasteiger partial charge in [-0.15, -0.1) is 0 Å². The van der Waals surface area contributed by atoms with Crippen molar-refractivity contribution < 1.29 is 19.4 Å². The van der Waals surface area contributed by atoms with E-state index in [0.29, 0.717) is 25.4 Å². The number of piperidine rings is 1. The zero-order valence-corrected chi connectivity index (χ0v) is 17.5. The van der Waals surface area contributed by atoms with E-state index in [1.807, 2.05) is 33.2 Å². The van der Waals surface area contributed by atoms with Gasteiger partial charge in [0.2, 0.25) is 0 Å². The van der Waals surface area contributed by atoms with Crippen molar-refractivity contribution in [1.29, 1.82) is 0 Å². The molecule has 0 atom stereocenters. The topological polar surface area (TPSA) is 71.9 Å². The molecule has 1 aliphatic heterocycles. The highest BCUT2D eigenvalue weighted by atomic mass is 16.6. The number of carbonyl (C=O) groups excluding carboxylic acids is 1. The highest BCUT2D eigenvalue weighted by Gasteiger charge is 2.37. The zero-order valence-electron chi connectivity index (χ0n) is 17.5. The number of likely N-dealkylation sites (tertiary alicyclic amines) is 1. The monoisotopic (exact) mass is 378 g/mol. The predicted molar refractivity (Wildman–Crippen MR) is 105 cm³/mol. The molecule has 1 N–H and O–H groups in total. The van der Waals surface area contributed by atoms with E-state index >= 15 is 0 Å². The van der Waals surface area contributed by atoms with Crippen molar-refractivity contribution in [2.45, 2.75) is 65.4 Å². The Hall–Kier alpha value is -1.82. The van der Waals surface area contributed by atoms with Gasteiger partial charge in [0.05, 0.1) is 7.11 Å². The third kappa shape index (κ3) is 5.34. The molecule has 0 radical (unpaired) electrons. The molecule has 0 aromatic carbocycles. The van der Waals surface area contributed by atoms with Gasteiger partial charge in [-0.3, -0.25) is 4.98 Å². The van der Waals surface area contributed by atoms with Gasteiger partial charge in [0, 0.05) is 48.6 Å². The number of aromatic nitrogens is 1. The molecule has 2 heterocycles. The summed E-state index contributed by atoms with van der Waals surface area (Å²) in [6, 6.07) is 0. The number of aliphatic hydroxyl groups excluding tert-OH is 1. The Balaban J connectivity index is 2.13. The zero-order chi connectivity index (χ0) is 20.2. The summed E-state index contributed by atoms with van der Waals surface area (Å²) in [7, 11) is 1.68. The quantitative estimate of drug-likeness (QED) is 0.844. The maximum Gasteiger partial charge on any atom is 0.410 e. The normalized spacial score (nSPS) is 17.1. The van der Waals surface area contributed by atoms with Crippen LogP contribution < -0.4 is 4.74 Å². The molecule has 0 spiro atoms. The lowest BCUT2D eigenvalue weighted by molar-refractivity contribution is -0.000331. The van der Waals surface area contributed by atoms with Crippen molar-refractivity contribution in [2.75, 3.05) is 26.8 Å². The first-order valence-electron chi connectivity index (χ1n) is 9.70. The minimum absolute atomic E-state index is 0.0736. The highest BCUT2D eigenvalue weighted by Crippen LogP contribution is 2.39. The van der Waals surface area contributed by atoms with Crippen LogP contribution in [0, 0.1) is 5.41 Å². The summed E-state index contributed by atoms with van der Waals surface area (Å²) in [5.74, 6) is 1.17. The van der Waals surface area contributed by atoms with Crippen molar-refractivity contribution in [1.82, 2.24) is 9.88 Å². The number of ether oxygens (including phenoxy) is 2. The molecule has 1 aromatic rings. The lowest BCUT2D eigenvalue weighted by atomic mass is 9.74. The maximum absolute atomic E-state index is 12.3. The number of carbonyl (C=O) groups is 1. The highest BCUT2D eigenvalue weighted by molar-refractivity contribution is 5.68. The predicted octanol–water partition coefficient (Wildman–Crippen LogP) is 3.77. The molecule has 0 bridgehead atoms. The molecule has 2 rings (SSSR count). The molecule has 1 saturated heterocycles. The van der Waals surface area contributed by atoms with Gasteiger partial charge in [-0.25, -0.2) is 4.79 Å². The van der Waals surface area contributed by atoms with Gasteiger partial charge in [-0.05, 0) is 46.0 Å². The van der Waals surface area contributed by atoms with E-state index in [4.69, 9.17) is 9.47 Å². The lowest BCUT2D eigenvalue weighted by Crippen LogP contribution is -2.47. The number of aliphatic hydroxyl groups is 1. The Bertz CT molecular complexity index is 644. The molecule has 152 valence electrons. The van der Waals surface area contributed by atoms with E-state index in [0.717, 1.165) is 29.7 Å². The van der Waals surface area contributed by atoms with Gasteiger partial charge >= 0.3 is 6.09 Å². The number of hydrogen-bond acceptors (Lipinski definition) is 5. The van der Waals surface area contributed by atoms with Gasteiger partial charge in [0.1, 0.15) is 11.4 Å². The summed E-state index contributed by atoms with van der Waals surface area (Å²) in [4.78, 5) is 18.4. The van der Waals surface area contributed by atoms with E-state index in [1.54, 1.807) is 12.0 Å². The first-order chi connectivity index (χ1) is 12.6. The van der Waals surface area contributed by atoms with Crippen LogP contribution in [0.5, 0.6) is 5.75 Å². The second-order valence-electron chi connectivity index (χ2n) is 8.88. The van der Waals surface area contributed by atoms with Crippen LogP contribution in [-0.2, 0) is 11.2 Å². The Morgan fingerprint density at radius 2 is 1.93 bits per heavy atom. The molecule has 0 unspecified atom stereocenters. The number of nitrogens with zero attached hydrogens (tertiary/aromatic N) is 2. The van der Waals surface area contributed by atoms with Gasteiger partial charge in [-0.2, -0.15) is 0 Å². The molecule has 1 aromatic heterocycles. The van der Waals surface area contributed by atoms with Crippen LogP contribution in [0.3, 0.4) is 0 Å². The fraction of sp³-hybridized carbons (Fsp3) is 0.714. The Morgan fingerprint density at radius 1 is 1.30 bits per heavy atom. The van der Waals surface area contributed by atoms with Crippen LogP contribution in [0.1, 0.15) is 64.5 Å². The standard InChI is InChI=1S/C21H34N2O4/c1-15(2)17-13-22-12-16(18(17)26-6)11-21(14-24)7-9-23(10-8-21)19(25)27-20(3,4)5/h12-13,15,24H,7-11,14H2,1-6H3. The minimum Gasteiger partial charge on any atom is -0.496 e. The lowest BCUT2D eigenvalue weighted by Gasteiger charge is -2.41. The average molecular weight is 379 g/mol. The van der Waals surface area contributed by atoms with Gasteiger partial charge in [-0.1, -0.05) is 13.8 Å². The second kappa shape index (κ2) is 8.46. The Kier molecular flexibility index (Phi) is 6.73. The molecule has 0 aliphatic carbocycles. The van der Waals surface area contributed by atoms with Crippen molar-refractivity contribution in [3.8, 4) is 5.75 Å². The minimum atomic E-state index is -0.501. The van der Waals surface area contributed by atoms with E-state index in [1.165, 1.54) is 0 Å². The van der Waals surface area contributed by atoms with Crippen LogP contribution in [0.25, 0.3) is 0 Å². The Morgan fingerprint density at radius 3 is 2.41 bits per heavy atom. The fourth-order valence-electron chi connectivity index (χ4n) is 3.58. The molecular weight excluding hydrogens is 344 g/mol. The SMILES string of the molecule is COc1c(CC2(CO)CCN(C(=O)OC(C)(C)C)CC2)cncc1C(C)C. The summed E-state index contributed by atoms with van der Waals surface area (Å²) in [6.07, 6.45) is 5.53. The number of rotatable bonds is 5. The van der Waals surface area contributed by atoms with E-state index in [9.17, 15) is 9.90 Å². The van der Waals surface area contributed by atoms with Crippen LogP contribution in [0.2, 0.25) is 0 Å². The summed E-state index contributed by atoms with van der Waals surface area (Å²) in [5.41, 5.74) is 1.32. The largest absolute Gasteiger partial charge is 0.496 e. The van der Waals surface area contributed by atoms with Crippen molar-refractivity contribution in [3.63, 3.8) is 0 Å². The third-order valence-electron chi connectivity index (χ3n) is 5.20. The van der Waals surface area contributed by atoms with E-state index < -0.39 is 5.60 Å². The molecule has 1 amide bonds. The molecular formula is C21H34N2O4. The van der Waals surface area contributed by atoms with E-state index in [-0.39, 0.29) is 18.1 Å². The van der Waals surface area contributed by atoms with Crippen molar-refractivity contribution >= 4 is 6.09 Å². The molecule has 1 fully saturated rings. The number of hydrogen-bond donors (Lipinski definition) is 1. The number of amides is 1. The van der Waals surface area contributed by atoms with Crippen molar-refractivity contribution in [3.05, 3.63) is 23.5 Å². The van der Waals surface area contributed by atoms with Gasteiger partial charge in [0.15, 0.2) is 0 Å². The third-order valence-corrected chi connectivity index (χ3v) is 5.20. The average Bonchev–Trinajstić information content (AvgIpc) is 2.60. The van der Waals surface area contributed by atoms with Crippen LogP contribution in [0.4, 0.5) is 4.79 Å². The summed E-state index contributed by atoms with van der Waals surface area (Å²) in [6.45, 7) is 11.1. The fourth-order valence-corrected chi connectivity index (χ4v) is 3.58. The van der Waals surface area contributed by atoms with E-state index in [2.05, 4.69) is 18.8 Å². The molecule has 6 heteroatoms. The molecule has 6 nitrogen and oxygen atoms in total. The summed E-state index contributed by atoms with van der Waals surface area (Å²) >= 11 is 0. The Labute approximate surface area is 162 Å². The number of methoxy groups -OCH3 is 1. The first kappa shape index (κ1) is 21.5. The second-order valence-corrected chi connectivity index (χ2v) is 8.88. The van der Waals surface area contributed by atoms with Gasteiger partial charge < -0.3 is 19.5 Å². The maximum atomic E-state index is 12.3. The summed E-state index contributed by atoms with van der Waals surface area (Å²) < 4.78 is 11.1. The summed E-state index contributed by atoms with van der Waals surface area (Å²) in [5, 5.41) is 10.2. The molecule has 1 aliphatic rings.